The third kappa shape index (κ3) is 7.29. The van der Waals surface area contributed by atoms with Gasteiger partial charge in [0, 0.05) is 13.1 Å². The lowest BCUT2D eigenvalue weighted by Gasteiger charge is -2.32. The standard InChI is InChI=1S/C14H28ClN/c1-6-8-10-13(14(3,4)5)12-16(15)11-9-7-2/h6,8,13H,7,9-12H2,1-5H3/b8-6-. The molecule has 1 atom stereocenters. The summed E-state index contributed by atoms with van der Waals surface area (Å²) in [6, 6.07) is 0. The summed E-state index contributed by atoms with van der Waals surface area (Å²) in [6.07, 6.45) is 7.89. The molecular weight excluding hydrogens is 218 g/mol. The van der Waals surface area contributed by atoms with Crippen molar-refractivity contribution in [3.05, 3.63) is 12.2 Å². The molecule has 0 heterocycles. The van der Waals surface area contributed by atoms with E-state index in [9.17, 15) is 0 Å². The molecule has 1 nitrogen and oxygen atoms in total. The summed E-state index contributed by atoms with van der Waals surface area (Å²) in [7, 11) is 0. The van der Waals surface area contributed by atoms with Gasteiger partial charge in [-0.1, -0.05) is 46.3 Å². The molecular formula is C14H28ClN. The van der Waals surface area contributed by atoms with Gasteiger partial charge in [0.2, 0.25) is 0 Å². The molecule has 0 aromatic carbocycles. The SMILES string of the molecule is C/C=C\CC(CN(Cl)CCCC)C(C)(C)C. The smallest absolute Gasteiger partial charge is 0.0175 e. The van der Waals surface area contributed by atoms with Gasteiger partial charge >= 0.3 is 0 Å². The molecule has 16 heavy (non-hydrogen) atoms. The first-order chi connectivity index (χ1) is 7.41. The summed E-state index contributed by atoms with van der Waals surface area (Å²) in [6.45, 7) is 13.2. The molecule has 0 aromatic heterocycles. The molecule has 0 saturated carbocycles. The fourth-order valence-corrected chi connectivity index (χ4v) is 1.95. The lowest BCUT2D eigenvalue weighted by Crippen LogP contribution is -2.31. The van der Waals surface area contributed by atoms with Crippen LogP contribution in [0.2, 0.25) is 0 Å². The van der Waals surface area contributed by atoms with Crippen LogP contribution in [0.15, 0.2) is 12.2 Å². The quantitative estimate of drug-likeness (QED) is 0.457. The van der Waals surface area contributed by atoms with Gasteiger partial charge in [0.15, 0.2) is 0 Å². The van der Waals surface area contributed by atoms with Crippen LogP contribution in [-0.2, 0) is 0 Å². The van der Waals surface area contributed by atoms with E-state index in [-0.39, 0.29) is 0 Å². The highest BCUT2D eigenvalue weighted by atomic mass is 35.5. The highest BCUT2D eigenvalue weighted by molar-refractivity contribution is 6.13. The Balaban J connectivity index is 4.20. The van der Waals surface area contributed by atoms with E-state index in [1.54, 1.807) is 0 Å². The van der Waals surface area contributed by atoms with Gasteiger partial charge in [0.05, 0.1) is 0 Å². The van der Waals surface area contributed by atoms with E-state index in [1.807, 2.05) is 4.42 Å². The summed E-state index contributed by atoms with van der Waals surface area (Å²) in [5, 5.41) is 0. The van der Waals surface area contributed by atoms with E-state index in [1.165, 1.54) is 12.8 Å². The zero-order chi connectivity index (χ0) is 12.6. The molecule has 0 rings (SSSR count). The lowest BCUT2D eigenvalue weighted by atomic mass is 9.78. The second kappa shape index (κ2) is 8.14. The van der Waals surface area contributed by atoms with Crippen molar-refractivity contribution >= 4 is 11.8 Å². The molecule has 0 radical (unpaired) electrons. The summed E-state index contributed by atoms with van der Waals surface area (Å²) >= 11 is 6.25. The van der Waals surface area contributed by atoms with Gasteiger partial charge in [0.25, 0.3) is 0 Å². The molecule has 96 valence electrons. The monoisotopic (exact) mass is 245 g/mol. The van der Waals surface area contributed by atoms with Crippen molar-refractivity contribution < 1.29 is 0 Å². The van der Waals surface area contributed by atoms with Crippen molar-refractivity contribution in [2.24, 2.45) is 11.3 Å². The third-order valence-electron chi connectivity index (χ3n) is 3.05. The molecule has 0 aliphatic carbocycles. The van der Waals surface area contributed by atoms with Crippen LogP contribution >= 0.6 is 11.8 Å². The van der Waals surface area contributed by atoms with Gasteiger partial charge in [-0.2, -0.15) is 0 Å². The highest BCUT2D eigenvalue weighted by Gasteiger charge is 2.25. The van der Waals surface area contributed by atoms with E-state index >= 15 is 0 Å². The largest absolute Gasteiger partial charge is 0.220 e. The molecule has 0 bridgehead atoms. The molecule has 0 N–H and O–H groups in total. The second-order valence-electron chi connectivity index (χ2n) is 5.59. The maximum atomic E-state index is 6.25. The van der Waals surface area contributed by atoms with E-state index in [2.05, 4.69) is 46.8 Å². The summed E-state index contributed by atoms with van der Waals surface area (Å²) in [5.74, 6) is 0.623. The van der Waals surface area contributed by atoms with E-state index in [4.69, 9.17) is 11.8 Å². The Kier molecular flexibility index (Phi) is 8.13. The van der Waals surface area contributed by atoms with Crippen LogP contribution in [0.25, 0.3) is 0 Å². The molecule has 0 aliphatic rings. The molecule has 0 saturated heterocycles. The zero-order valence-corrected chi connectivity index (χ0v) is 12.3. The Bertz CT molecular complexity index is 193. The molecule has 0 spiro atoms. The molecule has 2 heteroatoms. The minimum absolute atomic E-state index is 0.318. The van der Waals surface area contributed by atoms with E-state index in [0.717, 1.165) is 19.5 Å². The lowest BCUT2D eigenvalue weighted by molar-refractivity contribution is 0.199. The number of nitrogens with zero attached hydrogens (tertiary/aromatic N) is 1. The molecule has 1 unspecified atom stereocenters. The Morgan fingerprint density at radius 3 is 2.38 bits per heavy atom. The van der Waals surface area contributed by atoms with Crippen molar-refractivity contribution in [3.63, 3.8) is 0 Å². The maximum Gasteiger partial charge on any atom is 0.0175 e. The fourth-order valence-electron chi connectivity index (χ4n) is 1.66. The first-order valence-corrected chi connectivity index (χ1v) is 6.77. The van der Waals surface area contributed by atoms with Crippen molar-refractivity contribution in [3.8, 4) is 0 Å². The highest BCUT2D eigenvalue weighted by Crippen LogP contribution is 2.30. The summed E-state index contributed by atoms with van der Waals surface area (Å²) in [4.78, 5) is 0. The van der Waals surface area contributed by atoms with Crippen molar-refractivity contribution in [2.45, 2.75) is 53.9 Å². The van der Waals surface area contributed by atoms with Crippen LogP contribution < -0.4 is 0 Å². The zero-order valence-electron chi connectivity index (χ0n) is 11.6. The molecule has 0 amide bonds. The van der Waals surface area contributed by atoms with Gasteiger partial charge in [-0.15, -0.1) is 0 Å². The average molecular weight is 246 g/mol. The Labute approximate surface area is 107 Å². The van der Waals surface area contributed by atoms with Crippen LogP contribution in [0, 0.1) is 11.3 Å². The normalized spacial score (nSPS) is 14.9. The molecule has 0 aliphatic heterocycles. The number of rotatable bonds is 7. The molecule has 0 aromatic rings. The fraction of sp³-hybridized carbons (Fsp3) is 0.857. The second-order valence-corrected chi connectivity index (χ2v) is 6.07. The maximum absolute atomic E-state index is 6.25. The van der Waals surface area contributed by atoms with Gasteiger partial charge in [-0.25, -0.2) is 4.42 Å². The van der Waals surface area contributed by atoms with Crippen LogP contribution in [0.1, 0.15) is 53.9 Å². The van der Waals surface area contributed by atoms with Crippen LogP contribution in [0.3, 0.4) is 0 Å². The van der Waals surface area contributed by atoms with Crippen molar-refractivity contribution in [2.75, 3.05) is 13.1 Å². The minimum Gasteiger partial charge on any atom is -0.220 e. The topological polar surface area (TPSA) is 3.24 Å². The average Bonchev–Trinajstić information content (AvgIpc) is 2.19. The van der Waals surface area contributed by atoms with Gasteiger partial charge in [-0.3, -0.25) is 0 Å². The van der Waals surface area contributed by atoms with Crippen LogP contribution in [0.4, 0.5) is 0 Å². The number of hydrogen-bond donors (Lipinski definition) is 0. The number of unbranched alkanes of at least 4 members (excludes halogenated alkanes) is 1. The summed E-state index contributed by atoms with van der Waals surface area (Å²) in [5.41, 5.74) is 0.318. The van der Waals surface area contributed by atoms with Crippen LogP contribution in [0.5, 0.6) is 0 Å². The predicted octanol–water partition coefficient (Wildman–Crippen LogP) is 4.87. The van der Waals surface area contributed by atoms with Crippen molar-refractivity contribution in [1.82, 2.24) is 4.42 Å². The predicted molar refractivity (Wildman–Crippen MR) is 74.7 cm³/mol. The van der Waals surface area contributed by atoms with E-state index < -0.39 is 0 Å². The Morgan fingerprint density at radius 2 is 1.94 bits per heavy atom. The van der Waals surface area contributed by atoms with Gasteiger partial charge in [-0.05, 0) is 42.9 Å². The van der Waals surface area contributed by atoms with Crippen LogP contribution in [-0.4, -0.2) is 17.5 Å². The number of hydrogen-bond acceptors (Lipinski definition) is 1. The number of halogens is 1. The minimum atomic E-state index is 0.318. The summed E-state index contributed by atoms with van der Waals surface area (Å²) < 4.78 is 1.96. The first-order valence-electron chi connectivity index (χ1n) is 6.43. The van der Waals surface area contributed by atoms with E-state index in [0.29, 0.717) is 11.3 Å². The molecule has 0 fully saturated rings. The Morgan fingerprint density at radius 1 is 1.31 bits per heavy atom. The van der Waals surface area contributed by atoms with Crippen molar-refractivity contribution in [1.29, 1.82) is 0 Å². The van der Waals surface area contributed by atoms with Gasteiger partial charge in [0.1, 0.15) is 0 Å². The first kappa shape index (κ1) is 16.0. The Hall–Kier alpha value is -0.0100. The van der Waals surface area contributed by atoms with Gasteiger partial charge < -0.3 is 0 Å². The third-order valence-corrected chi connectivity index (χ3v) is 3.36. The number of allylic oxidation sites excluding steroid dienone is 2.